The average Bonchev–Trinajstić information content (AvgIpc) is 3.07. The van der Waals surface area contributed by atoms with Crippen LogP contribution in [0, 0.1) is 11.3 Å². The first-order valence-electron chi connectivity index (χ1n) is 9.50. The van der Waals surface area contributed by atoms with Crippen molar-refractivity contribution in [3.05, 3.63) is 0 Å². The number of hydrogen-bond acceptors (Lipinski definition) is 3. The lowest BCUT2D eigenvalue weighted by atomic mass is 9.82. The topological polar surface area (TPSA) is 65.0 Å². The van der Waals surface area contributed by atoms with Gasteiger partial charge in [-0.15, -0.1) is 0 Å². The molecular formula is C17H32F2N4O2S. The molecule has 0 radical (unpaired) electrons. The fourth-order valence-electron chi connectivity index (χ4n) is 3.99. The normalized spacial score (nSPS) is 23.0. The Kier molecular flexibility index (Phi) is 7.24. The number of aliphatic imine (C=N–C) groups is 1. The molecule has 2 rings (SSSR count). The molecule has 0 saturated carbocycles. The summed E-state index contributed by atoms with van der Waals surface area (Å²) in [5.74, 6) is -2.18. The summed E-state index contributed by atoms with van der Waals surface area (Å²) in [5.41, 5.74) is 0.368. The number of hydrogen-bond donors (Lipinski definition) is 1. The lowest BCUT2D eigenvalue weighted by Gasteiger charge is -2.32. The van der Waals surface area contributed by atoms with Crippen LogP contribution in [0.4, 0.5) is 8.78 Å². The molecule has 0 unspecified atom stereocenters. The molecule has 2 heterocycles. The summed E-state index contributed by atoms with van der Waals surface area (Å²) < 4.78 is 49.2. The Bertz CT molecular complexity index is 586. The van der Waals surface area contributed by atoms with Gasteiger partial charge >= 0.3 is 5.76 Å². The monoisotopic (exact) mass is 394 g/mol. The number of halogens is 2. The van der Waals surface area contributed by atoms with E-state index in [4.69, 9.17) is 0 Å². The van der Waals surface area contributed by atoms with Crippen LogP contribution in [0.5, 0.6) is 0 Å². The number of rotatable bonds is 6. The molecule has 0 spiro atoms. The second-order valence-electron chi connectivity index (χ2n) is 7.45. The maximum Gasteiger partial charge on any atom is 0.350 e. The lowest BCUT2D eigenvalue weighted by molar-refractivity contribution is 0.203. The van der Waals surface area contributed by atoms with Crippen molar-refractivity contribution in [2.45, 2.75) is 51.7 Å². The second kappa shape index (κ2) is 8.82. The predicted octanol–water partition coefficient (Wildman–Crippen LogP) is 2.34. The van der Waals surface area contributed by atoms with Crippen LogP contribution in [-0.2, 0) is 10.0 Å². The molecule has 0 aromatic carbocycles. The highest BCUT2D eigenvalue weighted by molar-refractivity contribution is 7.89. The molecule has 2 aliphatic rings. The molecule has 2 fully saturated rings. The maximum atomic E-state index is 12.6. The Hall–Kier alpha value is -0.960. The van der Waals surface area contributed by atoms with Crippen molar-refractivity contribution < 1.29 is 17.2 Å². The van der Waals surface area contributed by atoms with Crippen molar-refractivity contribution in [3.8, 4) is 0 Å². The van der Waals surface area contributed by atoms with Crippen LogP contribution in [-0.4, -0.2) is 69.1 Å². The van der Waals surface area contributed by atoms with Crippen molar-refractivity contribution >= 4 is 16.0 Å². The molecule has 0 aromatic heterocycles. The zero-order valence-electron chi connectivity index (χ0n) is 16.0. The van der Waals surface area contributed by atoms with Gasteiger partial charge in [-0.05, 0) is 43.4 Å². The van der Waals surface area contributed by atoms with Gasteiger partial charge in [-0.2, -0.15) is 13.1 Å². The molecule has 26 heavy (non-hydrogen) atoms. The van der Waals surface area contributed by atoms with Gasteiger partial charge in [0.15, 0.2) is 5.96 Å². The molecule has 0 aliphatic carbocycles. The number of nitrogens with one attached hydrogen (secondary N) is 1. The van der Waals surface area contributed by atoms with Crippen LogP contribution in [0.25, 0.3) is 0 Å². The minimum absolute atomic E-state index is 0.163. The lowest BCUT2D eigenvalue weighted by Crippen LogP contribution is -2.46. The number of sulfonamides is 1. The third-order valence-electron chi connectivity index (χ3n) is 6.16. The van der Waals surface area contributed by atoms with E-state index in [1.54, 1.807) is 7.05 Å². The minimum atomic E-state index is -4.44. The molecule has 2 saturated heterocycles. The van der Waals surface area contributed by atoms with E-state index in [0.29, 0.717) is 24.8 Å². The quantitative estimate of drug-likeness (QED) is 0.555. The highest BCUT2D eigenvalue weighted by Crippen LogP contribution is 2.36. The van der Waals surface area contributed by atoms with Crippen molar-refractivity contribution in [1.29, 1.82) is 0 Å². The zero-order valence-corrected chi connectivity index (χ0v) is 16.9. The Morgan fingerprint density at radius 2 is 1.85 bits per heavy atom. The maximum absolute atomic E-state index is 12.6. The Balaban J connectivity index is 1.82. The summed E-state index contributed by atoms with van der Waals surface area (Å²) in [6.45, 7) is 7.50. The fraction of sp³-hybridized carbons (Fsp3) is 0.941. The van der Waals surface area contributed by atoms with Gasteiger partial charge in [-0.3, -0.25) is 4.99 Å². The van der Waals surface area contributed by atoms with Gasteiger partial charge in [0, 0.05) is 39.8 Å². The van der Waals surface area contributed by atoms with Crippen LogP contribution >= 0.6 is 0 Å². The van der Waals surface area contributed by atoms with Crippen molar-refractivity contribution in [2.24, 2.45) is 16.3 Å². The van der Waals surface area contributed by atoms with E-state index < -0.39 is 15.8 Å². The van der Waals surface area contributed by atoms with Crippen LogP contribution in [0.2, 0.25) is 0 Å². The molecule has 9 heteroatoms. The standard InChI is InChI=1S/C17H32F2N4O2S/c1-4-17(5-2)8-11-22(13-17)16(20-3)21-12-14-6-9-23(10-7-14)26(24,25)15(18)19/h14-15H,4-13H2,1-3H3,(H,20,21). The summed E-state index contributed by atoms with van der Waals surface area (Å²) in [6.07, 6.45) is 4.67. The Labute approximate surface area is 156 Å². The highest BCUT2D eigenvalue weighted by Gasteiger charge is 2.37. The van der Waals surface area contributed by atoms with Gasteiger partial charge in [0.2, 0.25) is 0 Å². The Morgan fingerprint density at radius 1 is 1.23 bits per heavy atom. The molecule has 0 bridgehead atoms. The summed E-state index contributed by atoms with van der Waals surface area (Å²) in [5, 5.41) is 3.40. The molecule has 152 valence electrons. The average molecular weight is 395 g/mol. The first kappa shape index (κ1) is 21.3. The predicted molar refractivity (Wildman–Crippen MR) is 99.8 cm³/mol. The zero-order chi connectivity index (χ0) is 19.4. The van der Waals surface area contributed by atoms with E-state index >= 15 is 0 Å². The summed E-state index contributed by atoms with van der Waals surface area (Å²) >= 11 is 0. The van der Waals surface area contributed by atoms with Crippen LogP contribution in [0.1, 0.15) is 46.0 Å². The number of nitrogens with zero attached hydrogens (tertiary/aromatic N) is 3. The first-order valence-corrected chi connectivity index (χ1v) is 11.0. The van der Waals surface area contributed by atoms with Crippen molar-refractivity contribution in [3.63, 3.8) is 0 Å². The molecule has 0 amide bonds. The second-order valence-corrected chi connectivity index (χ2v) is 9.36. The molecule has 0 aromatic rings. The molecule has 6 nitrogen and oxygen atoms in total. The largest absolute Gasteiger partial charge is 0.356 e. The number of alkyl halides is 2. The number of likely N-dealkylation sites (tertiary alicyclic amines) is 1. The fourth-order valence-corrected chi connectivity index (χ4v) is 4.94. The van der Waals surface area contributed by atoms with E-state index in [2.05, 4.69) is 29.1 Å². The molecule has 1 N–H and O–H groups in total. The van der Waals surface area contributed by atoms with Gasteiger partial charge in [-0.1, -0.05) is 13.8 Å². The van der Waals surface area contributed by atoms with Crippen molar-refractivity contribution in [1.82, 2.24) is 14.5 Å². The molecule has 0 atom stereocenters. The van der Waals surface area contributed by atoms with Gasteiger partial charge in [0.25, 0.3) is 10.0 Å². The van der Waals surface area contributed by atoms with E-state index in [0.717, 1.165) is 36.2 Å². The van der Waals surface area contributed by atoms with E-state index in [-0.39, 0.29) is 19.0 Å². The van der Waals surface area contributed by atoms with Gasteiger partial charge in [0.05, 0.1) is 0 Å². The Morgan fingerprint density at radius 3 is 2.31 bits per heavy atom. The van der Waals surface area contributed by atoms with E-state index in [1.165, 1.54) is 6.42 Å². The van der Waals surface area contributed by atoms with Gasteiger partial charge in [0.1, 0.15) is 0 Å². The summed E-state index contributed by atoms with van der Waals surface area (Å²) in [7, 11) is -2.67. The van der Waals surface area contributed by atoms with E-state index in [9.17, 15) is 17.2 Å². The minimum Gasteiger partial charge on any atom is -0.356 e. The van der Waals surface area contributed by atoms with E-state index in [1.807, 2.05) is 0 Å². The molecular weight excluding hydrogens is 362 g/mol. The third-order valence-corrected chi connectivity index (χ3v) is 7.69. The van der Waals surface area contributed by atoms with Crippen molar-refractivity contribution in [2.75, 3.05) is 39.8 Å². The van der Waals surface area contributed by atoms with Gasteiger partial charge < -0.3 is 10.2 Å². The van der Waals surface area contributed by atoms with Crippen LogP contribution in [0.3, 0.4) is 0 Å². The molecule has 2 aliphatic heterocycles. The summed E-state index contributed by atoms with van der Waals surface area (Å²) in [4.78, 5) is 6.69. The number of guanidine groups is 1. The van der Waals surface area contributed by atoms with Crippen LogP contribution in [0.15, 0.2) is 4.99 Å². The first-order chi connectivity index (χ1) is 12.3. The smallest absolute Gasteiger partial charge is 0.350 e. The highest BCUT2D eigenvalue weighted by atomic mass is 32.2. The van der Waals surface area contributed by atoms with Gasteiger partial charge in [-0.25, -0.2) is 8.42 Å². The SMILES string of the molecule is CCC1(CC)CCN(C(=NC)NCC2CCN(S(=O)(=O)C(F)F)CC2)C1. The summed E-state index contributed by atoms with van der Waals surface area (Å²) in [6, 6.07) is 0. The van der Waals surface area contributed by atoms with Crippen LogP contribution < -0.4 is 5.32 Å². The third kappa shape index (κ3) is 4.65. The number of piperidine rings is 1.